The van der Waals surface area contributed by atoms with E-state index in [2.05, 4.69) is 0 Å². The summed E-state index contributed by atoms with van der Waals surface area (Å²) >= 11 is 0. The molecule has 1 rings (SSSR count). The largest absolute Gasteiger partial charge is 2.00 e. The van der Waals surface area contributed by atoms with Crippen LogP contribution in [0.3, 0.4) is 0 Å². The predicted octanol–water partition coefficient (Wildman–Crippen LogP) is 2.29. The fourth-order valence-corrected chi connectivity index (χ4v) is 0.587. The van der Waals surface area contributed by atoms with Gasteiger partial charge in [0.15, 0.2) is 6.29 Å². The molecule has 0 saturated heterocycles. The molecule has 1 aromatic carbocycles. The Morgan fingerprint density at radius 3 is 2.00 bits per heavy atom. The minimum Gasteiger partial charge on any atom is -0.679 e. The summed E-state index contributed by atoms with van der Waals surface area (Å²) in [6, 6.07) is 6.40. The van der Waals surface area contributed by atoms with Crippen LogP contribution in [0.25, 0.3) is 11.5 Å². The van der Waals surface area contributed by atoms with Gasteiger partial charge in [0.1, 0.15) is 5.75 Å². The summed E-state index contributed by atoms with van der Waals surface area (Å²) < 4.78 is 0. The van der Waals surface area contributed by atoms with E-state index >= 15 is 0 Å². The molecular formula is C9H12N2O2Zn. The van der Waals surface area contributed by atoms with E-state index in [1.54, 1.807) is 18.2 Å². The Hall–Kier alpha value is -0.767. The number of nitrogens with one attached hydrogen (secondary N) is 2. The van der Waals surface area contributed by atoms with Crippen molar-refractivity contribution in [3.05, 3.63) is 41.3 Å². The van der Waals surface area contributed by atoms with Crippen molar-refractivity contribution in [3.8, 4) is 5.75 Å². The van der Waals surface area contributed by atoms with E-state index in [-0.39, 0.29) is 38.3 Å². The van der Waals surface area contributed by atoms with Crippen LogP contribution in [0.1, 0.15) is 10.4 Å². The number of phenols is 1. The Bertz CT molecular complexity index is 254. The van der Waals surface area contributed by atoms with Crippen molar-refractivity contribution < 1.29 is 29.4 Å². The van der Waals surface area contributed by atoms with Crippen molar-refractivity contribution in [2.24, 2.45) is 0 Å². The smallest absolute Gasteiger partial charge is 0.679 e. The van der Waals surface area contributed by atoms with Crippen LogP contribution in [-0.2, 0) is 19.5 Å². The minimum atomic E-state index is 0. The SMILES string of the molecule is O=Cc1ccccc1O.[NH-]CC[NH-].[Zn+2]. The molecular weight excluding hydrogens is 234 g/mol. The summed E-state index contributed by atoms with van der Waals surface area (Å²) in [7, 11) is 0. The fourth-order valence-electron chi connectivity index (χ4n) is 0.587. The number of benzene rings is 1. The van der Waals surface area contributed by atoms with E-state index in [1.165, 1.54) is 6.07 Å². The first-order valence-electron chi connectivity index (χ1n) is 3.78. The van der Waals surface area contributed by atoms with Gasteiger partial charge in [0.2, 0.25) is 0 Å². The number of phenolic OH excluding ortho intramolecular Hbond substituents is 1. The maximum absolute atomic E-state index is 10.1. The third kappa shape index (κ3) is 6.72. The van der Waals surface area contributed by atoms with E-state index in [0.29, 0.717) is 11.8 Å². The van der Waals surface area contributed by atoms with Gasteiger partial charge in [-0.15, -0.1) is 0 Å². The van der Waals surface area contributed by atoms with Crippen LogP contribution in [0.2, 0.25) is 0 Å². The molecule has 1 aromatic rings. The van der Waals surface area contributed by atoms with Crippen molar-refractivity contribution >= 4 is 6.29 Å². The van der Waals surface area contributed by atoms with E-state index in [1.807, 2.05) is 0 Å². The number of hydrogen-bond donors (Lipinski definition) is 1. The second-order valence-corrected chi connectivity index (χ2v) is 2.18. The second kappa shape index (κ2) is 10.3. The molecule has 5 heteroatoms. The van der Waals surface area contributed by atoms with Gasteiger partial charge in [-0.2, -0.15) is 13.1 Å². The third-order valence-electron chi connectivity index (χ3n) is 1.19. The molecule has 0 fully saturated rings. The normalized spacial score (nSPS) is 7.86. The van der Waals surface area contributed by atoms with Gasteiger partial charge in [0.25, 0.3) is 0 Å². The van der Waals surface area contributed by atoms with E-state index in [0.717, 1.165) is 0 Å². The first-order chi connectivity index (χ1) is 6.26. The van der Waals surface area contributed by atoms with Crippen LogP contribution in [0.4, 0.5) is 0 Å². The van der Waals surface area contributed by atoms with Crippen molar-refractivity contribution in [3.63, 3.8) is 0 Å². The summed E-state index contributed by atoms with van der Waals surface area (Å²) in [5.74, 6) is 0.0347. The van der Waals surface area contributed by atoms with Crippen molar-refractivity contribution in [2.75, 3.05) is 13.1 Å². The molecule has 0 saturated carbocycles. The van der Waals surface area contributed by atoms with Crippen LogP contribution in [0.15, 0.2) is 24.3 Å². The summed E-state index contributed by atoms with van der Waals surface area (Å²) in [6.45, 7) is 0.472. The van der Waals surface area contributed by atoms with Crippen LogP contribution in [-0.4, -0.2) is 24.5 Å². The molecule has 4 nitrogen and oxygen atoms in total. The summed E-state index contributed by atoms with van der Waals surface area (Å²) in [5, 5.41) is 8.88. The molecule has 0 spiro atoms. The quantitative estimate of drug-likeness (QED) is 0.640. The summed E-state index contributed by atoms with van der Waals surface area (Å²) in [4.78, 5) is 10.1. The monoisotopic (exact) mass is 244 g/mol. The zero-order valence-electron chi connectivity index (χ0n) is 7.86. The Morgan fingerprint density at radius 1 is 1.21 bits per heavy atom. The minimum absolute atomic E-state index is 0. The fraction of sp³-hybridized carbons (Fsp3) is 0.222. The predicted molar refractivity (Wildman–Crippen MR) is 51.9 cm³/mol. The maximum atomic E-state index is 10.1. The van der Waals surface area contributed by atoms with Gasteiger partial charge in [0.05, 0.1) is 5.56 Å². The molecule has 0 heterocycles. The van der Waals surface area contributed by atoms with Crippen LogP contribution in [0, 0.1) is 0 Å². The van der Waals surface area contributed by atoms with Gasteiger partial charge < -0.3 is 16.6 Å². The van der Waals surface area contributed by atoms with Gasteiger partial charge in [-0.3, -0.25) is 4.79 Å². The Balaban J connectivity index is 0. The molecule has 0 aliphatic carbocycles. The molecule has 0 amide bonds. The first kappa shape index (κ1) is 15.7. The zero-order chi connectivity index (χ0) is 10.1. The molecule has 72 valence electrons. The summed E-state index contributed by atoms with van der Waals surface area (Å²) in [5.41, 5.74) is 12.9. The molecule has 14 heavy (non-hydrogen) atoms. The Labute approximate surface area is 96.1 Å². The Kier molecular flexibility index (Phi) is 11.6. The second-order valence-electron chi connectivity index (χ2n) is 2.18. The average molecular weight is 246 g/mol. The van der Waals surface area contributed by atoms with Crippen molar-refractivity contribution in [2.45, 2.75) is 0 Å². The van der Waals surface area contributed by atoms with Gasteiger partial charge in [-0.25, -0.2) is 0 Å². The van der Waals surface area contributed by atoms with E-state index in [9.17, 15) is 4.79 Å². The van der Waals surface area contributed by atoms with Gasteiger partial charge in [-0.1, -0.05) is 12.1 Å². The standard InChI is InChI=1S/C7H6O2.C2H6N2.Zn/c8-5-6-3-1-2-4-7(6)9;3-1-2-4;/h1-5,9H;3-4H,1-2H2;/q;-2;+2. The number of aldehydes is 1. The molecule has 0 bridgehead atoms. The topological polar surface area (TPSA) is 84.9 Å². The third-order valence-corrected chi connectivity index (χ3v) is 1.19. The van der Waals surface area contributed by atoms with Crippen LogP contribution < -0.4 is 0 Å². The zero-order valence-corrected chi connectivity index (χ0v) is 10.8. The number of carbonyl (C=O) groups is 1. The van der Waals surface area contributed by atoms with Gasteiger partial charge in [-0.05, 0) is 12.1 Å². The van der Waals surface area contributed by atoms with Gasteiger partial charge >= 0.3 is 19.5 Å². The van der Waals surface area contributed by atoms with Crippen molar-refractivity contribution in [1.82, 2.24) is 0 Å². The number of para-hydroxylation sites is 1. The average Bonchev–Trinajstić information content (AvgIpc) is 2.19. The molecule has 0 aromatic heterocycles. The molecule has 3 N–H and O–H groups in total. The molecule has 0 unspecified atom stereocenters. The van der Waals surface area contributed by atoms with Crippen LogP contribution >= 0.6 is 0 Å². The van der Waals surface area contributed by atoms with Gasteiger partial charge in [0, 0.05) is 0 Å². The van der Waals surface area contributed by atoms with E-state index < -0.39 is 0 Å². The number of aromatic hydroxyl groups is 1. The number of hydrogen-bond acceptors (Lipinski definition) is 2. The number of rotatable bonds is 2. The van der Waals surface area contributed by atoms with Crippen molar-refractivity contribution in [1.29, 1.82) is 0 Å². The summed E-state index contributed by atoms with van der Waals surface area (Å²) in [6.07, 6.45) is 0.620. The Morgan fingerprint density at radius 2 is 1.71 bits per heavy atom. The molecule has 0 radical (unpaired) electrons. The molecule has 0 aliphatic heterocycles. The first-order valence-corrected chi connectivity index (χ1v) is 3.78. The molecule has 0 atom stereocenters. The molecule has 0 aliphatic rings. The van der Waals surface area contributed by atoms with E-state index in [4.69, 9.17) is 16.6 Å². The maximum Gasteiger partial charge on any atom is 2.00 e. The number of carbonyl (C=O) groups excluding carboxylic acids is 1. The van der Waals surface area contributed by atoms with Crippen LogP contribution in [0.5, 0.6) is 5.75 Å².